The monoisotopic (exact) mass is 836 g/mol. The lowest BCUT2D eigenvalue weighted by Gasteiger charge is -2.11. The van der Waals surface area contributed by atoms with E-state index in [0.717, 1.165) is 36.6 Å². The zero-order chi connectivity index (χ0) is 35.9. The molecule has 0 aliphatic rings. The van der Waals surface area contributed by atoms with E-state index in [0.29, 0.717) is 44.4 Å². The molecule has 12 nitrogen and oxygen atoms in total. The number of rotatable bonds is 7. The molecule has 5 aromatic heterocycles. The number of hydrogen-bond acceptors (Lipinski definition) is 12. The summed E-state index contributed by atoms with van der Waals surface area (Å²) in [5.41, 5.74) is 8.37. The summed E-state index contributed by atoms with van der Waals surface area (Å²) in [5, 5.41) is 10.7. The first-order valence-electron chi connectivity index (χ1n) is 14.5. The number of halogens is 4. The topological polar surface area (TPSA) is 136 Å². The molecule has 0 unspecified atom stereocenters. The van der Waals surface area contributed by atoms with Gasteiger partial charge in [-0.15, -0.1) is 0 Å². The molecule has 0 atom stereocenters. The third-order valence-electron chi connectivity index (χ3n) is 7.44. The average molecular weight is 837 g/mol. The number of alkyl halides is 3. The first-order valence-corrected chi connectivity index (χ1v) is 17.2. The fraction of sp³-hybridized carbons (Fsp3) is 0.219. The van der Waals surface area contributed by atoms with Gasteiger partial charge in [-0.3, -0.25) is 0 Å². The normalized spacial score (nSPS) is 11.5. The van der Waals surface area contributed by atoms with E-state index in [1.807, 2.05) is 35.7 Å². The average Bonchev–Trinajstić information content (AvgIpc) is 3.85. The number of nitrogen functional groups attached to an aromatic ring is 1. The number of ether oxygens (including phenoxy) is 4. The molecule has 18 heteroatoms. The Bertz CT molecular complexity index is 2350. The van der Waals surface area contributed by atoms with Gasteiger partial charge in [-0.05, 0) is 78.9 Å². The number of fused-ring (bicyclic) bond motifs is 2. The van der Waals surface area contributed by atoms with Crippen molar-refractivity contribution in [3.8, 4) is 55.4 Å². The Balaban J connectivity index is 0.000000187. The minimum Gasteiger partial charge on any atom is -0.493 e. The maximum Gasteiger partial charge on any atom is 0.419 e. The van der Waals surface area contributed by atoms with Gasteiger partial charge in [0, 0.05) is 22.9 Å². The second-order valence-corrected chi connectivity index (χ2v) is 13.5. The van der Waals surface area contributed by atoms with Crippen molar-refractivity contribution in [1.82, 2.24) is 34.2 Å². The highest BCUT2D eigenvalue weighted by Gasteiger charge is 2.34. The summed E-state index contributed by atoms with van der Waals surface area (Å²) in [7, 11) is 6.33. The number of nitrogens with zero attached hydrogens (tertiary/aromatic N) is 7. The third kappa shape index (κ3) is 6.61. The molecule has 50 heavy (non-hydrogen) atoms. The molecule has 5 heterocycles. The molecule has 7 aromatic rings. The highest BCUT2D eigenvalue weighted by atomic mass is 127. The number of nitrogens with two attached hydrogens (primary N) is 1. The minimum atomic E-state index is -4.61. The van der Waals surface area contributed by atoms with Gasteiger partial charge in [0.2, 0.25) is 9.92 Å². The van der Waals surface area contributed by atoms with Crippen molar-refractivity contribution in [2.24, 2.45) is 0 Å². The first kappa shape index (κ1) is 35.1. The van der Waals surface area contributed by atoms with Gasteiger partial charge < -0.3 is 24.7 Å². The van der Waals surface area contributed by atoms with Crippen molar-refractivity contribution in [2.45, 2.75) is 20.0 Å². The molecule has 2 N–H and O–H groups in total. The van der Waals surface area contributed by atoms with Crippen molar-refractivity contribution >= 4 is 61.0 Å². The van der Waals surface area contributed by atoms with Gasteiger partial charge in [0.1, 0.15) is 19.5 Å². The number of benzene rings is 2. The Kier molecular flexibility index (Phi) is 9.78. The van der Waals surface area contributed by atoms with Crippen molar-refractivity contribution < 1.29 is 32.1 Å². The zero-order valence-corrected chi connectivity index (χ0v) is 31.1. The van der Waals surface area contributed by atoms with E-state index >= 15 is 0 Å². The Labute approximate surface area is 304 Å². The summed E-state index contributed by atoms with van der Waals surface area (Å²) in [5.74, 6) is 1.95. The van der Waals surface area contributed by atoms with Gasteiger partial charge in [0.15, 0.2) is 23.0 Å². The van der Waals surface area contributed by atoms with Gasteiger partial charge in [0.25, 0.3) is 0 Å². The predicted octanol–water partition coefficient (Wildman–Crippen LogP) is 7.83. The Hall–Kier alpha value is -4.69. The van der Waals surface area contributed by atoms with E-state index in [9.17, 15) is 13.2 Å². The molecule has 0 aliphatic carbocycles. The van der Waals surface area contributed by atoms with Gasteiger partial charge in [-0.25, -0.2) is 19.5 Å². The molecule has 0 radical (unpaired) electrons. The fourth-order valence-electron chi connectivity index (χ4n) is 5.01. The Morgan fingerprint density at radius 1 is 0.700 bits per heavy atom. The van der Waals surface area contributed by atoms with Crippen LogP contribution < -0.4 is 24.7 Å². The third-order valence-corrected chi connectivity index (χ3v) is 10.6. The van der Waals surface area contributed by atoms with Crippen LogP contribution in [0.3, 0.4) is 0 Å². The van der Waals surface area contributed by atoms with Crippen LogP contribution in [-0.4, -0.2) is 62.6 Å². The van der Waals surface area contributed by atoms with Crippen LogP contribution in [0.25, 0.3) is 42.3 Å². The van der Waals surface area contributed by atoms with E-state index in [1.54, 1.807) is 51.7 Å². The fourth-order valence-corrected chi connectivity index (χ4v) is 7.51. The number of methoxy groups -OCH3 is 4. The summed E-state index contributed by atoms with van der Waals surface area (Å²) in [6.45, 7) is 3.69. The van der Waals surface area contributed by atoms with Crippen molar-refractivity contribution in [3.63, 3.8) is 0 Å². The van der Waals surface area contributed by atoms with Gasteiger partial charge in [-0.1, -0.05) is 22.7 Å². The van der Waals surface area contributed by atoms with Crippen LogP contribution in [0.4, 0.5) is 19.0 Å². The van der Waals surface area contributed by atoms with Crippen LogP contribution >= 0.6 is 45.3 Å². The molecule has 0 spiro atoms. The summed E-state index contributed by atoms with van der Waals surface area (Å²) >= 11 is 5.12. The van der Waals surface area contributed by atoms with Crippen LogP contribution in [-0.2, 0) is 6.18 Å². The van der Waals surface area contributed by atoms with Crippen LogP contribution in [0.2, 0.25) is 0 Å². The highest BCUT2D eigenvalue weighted by molar-refractivity contribution is 14.1. The van der Waals surface area contributed by atoms with Crippen molar-refractivity contribution in [3.05, 3.63) is 69.3 Å². The number of hydrogen-bond donors (Lipinski definition) is 1. The lowest BCUT2D eigenvalue weighted by molar-refractivity contribution is -0.137. The predicted molar refractivity (Wildman–Crippen MR) is 194 cm³/mol. The maximum absolute atomic E-state index is 13.3. The first-order chi connectivity index (χ1) is 23.9. The van der Waals surface area contributed by atoms with Crippen molar-refractivity contribution in [1.29, 1.82) is 0 Å². The molecule has 0 aliphatic heterocycles. The second kappa shape index (κ2) is 13.9. The van der Waals surface area contributed by atoms with Crippen LogP contribution in [0.5, 0.6) is 23.0 Å². The van der Waals surface area contributed by atoms with E-state index in [1.165, 1.54) is 29.2 Å². The smallest absolute Gasteiger partial charge is 0.419 e. The minimum absolute atomic E-state index is 0.227. The molecule has 0 amide bonds. The van der Waals surface area contributed by atoms with Crippen molar-refractivity contribution in [2.75, 3.05) is 34.2 Å². The number of pyridine rings is 1. The summed E-state index contributed by atoms with van der Waals surface area (Å²) in [6.07, 6.45) is -3.33. The molecule has 0 fully saturated rings. The number of imidazole rings is 2. The standard InChI is InChI=1S/C19H16F3N5O2S.C13H12IN3O2S/c1-9-15(11-6-12(19(20,21)22)16(23)24-8-11)27-18(25-9)30-17(26-27)10-4-5-13(28-2)14(7-10)29-3;1-7-11(14)17-13(15-7)20-12(16-17)8-4-5-9(18-2)10(6-8)19-3/h4-8H,1-3H3,(H2,23,24);4-6H,1-3H3. The lowest BCUT2D eigenvalue weighted by atomic mass is 10.1. The SMILES string of the molecule is COc1ccc(-c2nn3c(-c4cnc(N)c(C(F)(F)F)c4)c(C)nc3s2)cc1OC.COc1ccc(-c2nn3c(I)c(C)nc3s2)cc1OC. The van der Waals surface area contributed by atoms with E-state index in [-0.39, 0.29) is 5.56 Å². The van der Waals surface area contributed by atoms with Crippen LogP contribution in [0.1, 0.15) is 17.0 Å². The molecule has 7 rings (SSSR count). The van der Waals surface area contributed by atoms with Crippen LogP contribution in [0.15, 0.2) is 48.7 Å². The Morgan fingerprint density at radius 3 is 1.70 bits per heavy atom. The largest absolute Gasteiger partial charge is 0.493 e. The van der Waals surface area contributed by atoms with Gasteiger partial charge in [-0.2, -0.15) is 27.9 Å². The summed E-state index contributed by atoms with van der Waals surface area (Å²) < 4.78 is 65.4. The second-order valence-electron chi connectivity index (χ2n) is 10.5. The number of aromatic nitrogens is 7. The van der Waals surface area contributed by atoms with E-state index < -0.39 is 17.6 Å². The number of aryl methyl sites for hydroxylation is 2. The van der Waals surface area contributed by atoms with E-state index in [4.69, 9.17) is 24.7 Å². The number of anilines is 1. The van der Waals surface area contributed by atoms with E-state index in [2.05, 4.69) is 47.7 Å². The molecule has 260 valence electrons. The molecule has 0 saturated heterocycles. The molecule has 2 aromatic carbocycles. The molecular weight excluding hydrogens is 808 g/mol. The summed E-state index contributed by atoms with van der Waals surface area (Å²) in [6, 6.07) is 12.1. The quantitative estimate of drug-likeness (QED) is 0.158. The molecular formula is C32H28F3IN8O4S2. The van der Waals surface area contributed by atoms with Gasteiger partial charge >= 0.3 is 6.18 Å². The summed E-state index contributed by atoms with van der Waals surface area (Å²) in [4.78, 5) is 14.1. The Morgan fingerprint density at radius 2 is 1.20 bits per heavy atom. The molecule has 0 saturated carbocycles. The zero-order valence-electron chi connectivity index (χ0n) is 27.3. The highest BCUT2D eigenvalue weighted by Crippen LogP contribution is 2.39. The lowest BCUT2D eigenvalue weighted by Crippen LogP contribution is -2.10. The maximum atomic E-state index is 13.3. The molecule has 0 bridgehead atoms. The van der Waals surface area contributed by atoms with Crippen LogP contribution in [0, 0.1) is 17.5 Å². The van der Waals surface area contributed by atoms with Gasteiger partial charge in [0.05, 0.1) is 51.1 Å².